The van der Waals surface area contributed by atoms with Crippen molar-refractivity contribution in [2.45, 2.75) is 13.5 Å². The smallest absolute Gasteiger partial charge is 0.273 e. The van der Waals surface area contributed by atoms with Gasteiger partial charge in [-0.05, 0) is 55.0 Å². The van der Waals surface area contributed by atoms with Crippen molar-refractivity contribution in [2.24, 2.45) is 0 Å². The maximum Gasteiger partial charge on any atom is 0.273 e. The first-order chi connectivity index (χ1) is 17.1. The second kappa shape index (κ2) is 13.7. The number of para-hydroxylation sites is 1. The van der Waals surface area contributed by atoms with Crippen molar-refractivity contribution in [1.82, 2.24) is 16.2 Å². The molecule has 3 rings (SSSR count). The average molecular weight is 494 g/mol. The molecule has 9 heteroatoms. The van der Waals surface area contributed by atoms with Crippen molar-refractivity contribution in [2.75, 3.05) is 19.8 Å². The first-order valence-electron chi connectivity index (χ1n) is 11.0. The molecule has 0 aliphatic carbocycles. The average Bonchev–Trinajstić information content (AvgIpc) is 2.89. The number of thiocarbonyl (C=S) groups is 1. The number of nitrogens with one attached hydrogen (secondary N) is 3. The molecular weight excluding hydrogens is 466 g/mol. The Hall–Kier alpha value is -3.95. The molecule has 0 bridgehead atoms. The summed E-state index contributed by atoms with van der Waals surface area (Å²) in [5, 5.41) is 2.46. The van der Waals surface area contributed by atoms with Gasteiger partial charge in [0.1, 0.15) is 24.7 Å². The van der Waals surface area contributed by atoms with Crippen LogP contribution in [0.1, 0.15) is 33.2 Å². The summed E-state index contributed by atoms with van der Waals surface area (Å²) in [6.45, 7) is 3.67. The van der Waals surface area contributed by atoms with E-state index >= 15 is 0 Å². The standard InChI is InChI=1S/C26H27N3O5S/c1-2-32-15-16-33-21-12-8-11-20(17-21)24(30)27-26(35)29-28-25(31)22-13-6-7-14-23(22)34-18-19-9-4-3-5-10-19/h3-14,17H,2,15-16,18H2,1H3,(H,28,31)(H2,27,29,30,35). The highest BCUT2D eigenvalue weighted by molar-refractivity contribution is 7.80. The van der Waals surface area contributed by atoms with Crippen molar-refractivity contribution >= 4 is 29.1 Å². The Kier molecular flexibility index (Phi) is 10.0. The predicted molar refractivity (Wildman–Crippen MR) is 136 cm³/mol. The zero-order valence-electron chi connectivity index (χ0n) is 19.3. The van der Waals surface area contributed by atoms with Crippen LogP contribution in [-0.4, -0.2) is 36.7 Å². The molecule has 0 spiro atoms. The molecular formula is C26H27N3O5S. The zero-order chi connectivity index (χ0) is 24.9. The lowest BCUT2D eigenvalue weighted by molar-refractivity contribution is 0.0930. The van der Waals surface area contributed by atoms with E-state index in [9.17, 15) is 9.59 Å². The summed E-state index contributed by atoms with van der Waals surface area (Å²) < 4.78 is 16.6. The highest BCUT2D eigenvalue weighted by atomic mass is 32.1. The molecule has 35 heavy (non-hydrogen) atoms. The number of ether oxygens (including phenoxy) is 3. The topological polar surface area (TPSA) is 97.9 Å². The summed E-state index contributed by atoms with van der Waals surface area (Å²) in [6, 6.07) is 23.2. The Balaban J connectivity index is 1.50. The quantitative estimate of drug-likeness (QED) is 0.225. The molecule has 0 fully saturated rings. The van der Waals surface area contributed by atoms with E-state index in [1.165, 1.54) is 0 Å². The number of benzene rings is 3. The first kappa shape index (κ1) is 25.7. The lowest BCUT2D eigenvalue weighted by Gasteiger charge is -2.14. The number of hydrogen-bond donors (Lipinski definition) is 3. The minimum absolute atomic E-state index is 0.0614. The molecule has 0 aromatic heterocycles. The van der Waals surface area contributed by atoms with Gasteiger partial charge < -0.3 is 14.2 Å². The summed E-state index contributed by atoms with van der Waals surface area (Å²) in [6.07, 6.45) is 0. The molecule has 182 valence electrons. The van der Waals surface area contributed by atoms with Crippen LogP contribution in [-0.2, 0) is 11.3 Å². The lowest BCUT2D eigenvalue weighted by Crippen LogP contribution is -2.48. The Morgan fingerprint density at radius 1 is 0.829 bits per heavy atom. The largest absolute Gasteiger partial charge is 0.491 e. The van der Waals surface area contributed by atoms with Gasteiger partial charge in [0.25, 0.3) is 11.8 Å². The monoisotopic (exact) mass is 493 g/mol. The normalized spacial score (nSPS) is 10.2. The molecule has 0 heterocycles. The maximum absolute atomic E-state index is 12.7. The summed E-state index contributed by atoms with van der Waals surface area (Å²) in [5.41, 5.74) is 6.68. The molecule has 0 saturated carbocycles. The van der Waals surface area contributed by atoms with Crippen LogP contribution < -0.4 is 25.6 Å². The summed E-state index contributed by atoms with van der Waals surface area (Å²) >= 11 is 5.14. The fraction of sp³-hybridized carbons (Fsp3) is 0.192. The van der Waals surface area contributed by atoms with Gasteiger partial charge in [0.15, 0.2) is 5.11 Å². The van der Waals surface area contributed by atoms with Gasteiger partial charge in [-0.15, -0.1) is 0 Å². The second-order valence-corrected chi connectivity index (χ2v) is 7.61. The maximum atomic E-state index is 12.7. The van der Waals surface area contributed by atoms with Crippen molar-refractivity contribution in [3.63, 3.8) is 0 Å². The molecule has 8 nitrogen and oxygen atoms in total. The second-order valence-electron chi connectivity index (χ2n) is 7.21. The predicted octanol–water partition coefficient (Wildman–Crippen LogP) is 3.63. The minimum Gasteiger partial charge on any atom is -0.491 e. The van der Waals surface area contributed by atoms with Crippen molar-refractivity contribution in [3.8, 4) is 11.5 Å². The number of hydrogen-bond acceptors (Lipinski definition) is 6. The molecule has 0 saturated heterocycles. The number of rotatable bonds is 10. The third-order valence-corrected chi connectivity index (χ3v) is 4.89. The number of amides is 2. The fourth-order valence-electron chi connectivity index (χ4n) is 2.99. The van der Waals surface area contributed by atoms with E-state index < -0.39 is 11.8 Å². The molecule has 0 radical (unpaired) electrons. The van der Waals surface area contributed by atoms with Gasteiger partial charge in [-0.2, -0.15) is 0 Å². The van der Waals surface area contributed by atoms with Crippen molar-refractivity contribution in [3.05, 3.63) is 95.6 Å². The Bertz CT molecular complexity index is 1140. The van der Waals surface area contributed by atoms with E-state index in [4.69, 9.17) is 26.4 Å². The van der Waals surface area contributed by atoms with Crippen LogP contribution in [0.5, 0.6) is 11.5 Å². The number of hydrazine groups is 1. The van der Waals surface area contributed by atoms with Gasteiger partial charge in [0, 0.05) is 12.2 Å². The fourth-order valence-corrected chi connectivity index (χ4v) is 3.14. The van der Waals surface area contributed by atoms with E-state index in [0.717, 1.165) is 5.56 Å². The van der Waals surface area contributed by atoms with Crippen LogP contribution in [0, 0.1) is 0 Å². The lowest BCUT2D eigenvalue weighted by atomic mass is 10.2. The summed E-state index contributed by atoms with van der Waals surface area (Å²) in [5.74, 6) is 0.0527. The van der Waals surface area contributed by atoms with Gasteiger partial charge >= 0.3 is 0 Å². The van der Waals surface area contributed by atoms with Gasteiger partial charge in [-0.1, -0.05) is 48.5 Å². The van der Waals surface area contributed by atoms with Crippen LogP contribution >= 0.6 is 12.2 Å². The first-order valence-corrected chi connectivity index (χ1v) is 11.5. The minimum atomic E-state index is -0.463. The molecule has 0 unspecified atom stereocenters. The molecule has 3 N–H and O–H groups in total. The van der Waals surface area contributed by atoms with Crippen LogP contribution in [0.15, 0.2) is 78.9 Å². The van der Waals surface area contributed by atoms with Crippen LogP contribution in [0.3, 0.4) is 0 Å². The zero-order valence-corrected chi connectivity index (χ0v) is 20.1. The van der Waals surface area contributed by atoms with E-state index in [1.807, 2.05) is 37.3 Å². The third-order valence-electron chi connectivity index (χ3n) is 4.68. The molecule has 0 aliphatic heterocycles. The van der Waals surface area contributed by atoms with E-state index in [0.29, 0.717) is 49.1 Å². The van der Waals surface area contributed by atoms with Crippen molar-refractivity contribution in [1.29, 1.82) is 0 Å². The van der Waals surface area contributed by atoms with E-state index in [1.54, 1.807) is 48.5 Å². The summed E-state index contributed by atoms with van der Waals surface area (Å²) in [4.78, 5) is 25.2. The van der Waals surface area contributed by atoms with E-state index in [-0.39, 0.29) is 5.11 Å². The highest BCUT2D eigenvalue weighted by Gasteiger charge is 2.14. The van der Waals surface area contributed by atoms with Gasteiger partial charge in [-0.3, -0.25) is 25.8 Å². The molecule has 0 atom stereocenters. The van der Waals surface area contributed by atoms with Crippen LogP contribution in [0.25, 0.3) is 0 Å². The van der Waals surface area contributed by atoms with E-state index in [2.05, 4.69) is 16.2 Å². The number of carbonyl (C=O) groups excluding carboxylic acids is 2. The molecule has 3 aromatic carbocycles. The van der Waals surface area contributed by atoms with Crippen LogP contribution in [0.4, 0.5) is 0 Å². The molecule has 0 aliphatic rings. The Morgan fingerprint density at radius 2 is 1.60 bits per heavy atom. The van der Waals surface area contributed by atoms with Crippen molar-refractivity contribution < 1.29 is 23.8 Å². The van der Waals surface area contributed by atoms with Crippen LogP contribution in [0.2, 0.25) is 0 Å². The Morgan fingerprint density at radius 3 is 2.40 bits per heavy atom. The third kappa shape index (κ3) is 8.40. The summed E-state index contributed by atoms with van der Waals surface area (Å²) in [7, 11) is 0. The molecule has 3 aromatic rings. The van der Waals surface area contributed by atoms with Gasteiger partial charge in [0.2, 0.25) is 0 Å². The Labute approximate surface area is 209 Å². The molecule has 2 amide bonds. The number of carbonyl (C=O) groups is 2. The SMILES string of the molecule is CCOCCOc1cccc(C(=O)NC(=S)NNC(=O)c2ccccc2OCc2ccccc2)c1. The highest BCUT2D eigenvalue weighted by Crippen LogP contribution is 2.19. The van der Waals surface area contributed by atoms with Gasteiger partial charge in [0.05, 0.1) is 12.2 Å². The van der Waals surface area contributed by atoms with Gasteiger partial charge in [-0.25, -0.2) is 0 Å².